The summed E-state index contributed by atoms with van der Waals surface area (Å²) in [6.07, 6.45) is 36.5. The van der Waals surface area contributed by atoms with Crippen LogP contribution in [0.1, 0.15) is 253 Å². The fourth-order valence-electron chi connectivity index (χ4n) is 8.25. The Bertz CT molecular complexity index is 835. The fraction of sp³-hybridized carbons (Fsp3) is 0.941. The van der Waals surface area contributed by atoms with Crippen molar-refractivity contribution in [1.29, 1.82) is 0 Å². The van der Waals surface area contributed by atoms with Crippen molar-refractivity contribution in [2.75, 3.05) is 39.5 Å². The lowest BCUT2D eigenvalue weighted by molar-refractivity contribution is -0.149. The van der Waals surface area contributed by atoms with E-state index in [9.17, 15) is 14.4 Å². The SMILES string of the molecule is CCCCC(CCCC)CCOC(=O)CCCCCCCCCC(CCCCCCCCCC(=O)OCCC(CCCC)CCCC)C(=O)OCCCN(CC)CC. The summed E-state index contributed by atoms with van der Waals surface area (Å²) in [4.78, 5) is 40.1. The summed E-state index contributed by atoms with van der Waals surface area (Å²) in [5.74, 6) is 1.37. The Hall–Kier alpha value is -1.63. The molecule has 0 aromatic rings. The molecular formula is C51H99NO6. The minimum atomic E-state index is -0.0242. The lowest BCUT2D eigenvalue weighted by atomic mass is 9.93. The molecule has 0 radical (unpaired) electrons. The third-order valence-corrected chi connectivity index (χ3v) is 12.4. The summed E-state index contributed by atoms with van der Waals surface area (Å²) in [6, 6.07) is 0. The van der Waals surface area contributed by atoms with Gasteiger partial charge in [-0.1, -0.05) is 196 Å². The van der Waals surface area contributed by atoms with Crippen LogP contribution < -0.4 is 0 Å². The zero-order chi connectivity index (χ0) is 42.7. The van der Waals surface area contributed by atoms with E-state index in [0.29, 0.717) is 44.5 Å². The van der Waals surface area contributed by atoms with Crippen LogP contribution in [0.2, 0.25) is 0 Å². The summed E-state index contributed by atoms with van der Waals surface area (Å²) in [5, 5.41) is 0. The maximum Gasteiger partial charge on any atom is 0.308 e. The molecule has 0 saturated heterocycles. The molecule has 0 heterocycles. The first kappa shape index (κ1) is 56.4. The van der Waals surface area contributed by atoms with E-state index in [0.717, 1.165) is 116 Å². The van der Waals surface area contributed by atoms with E-state index < -0.39 is 0 Å². The summed E-state index contributed by atoms with van der Waals surface area (Å²) >= 11 is 0. The van der Waals surface area contributed by atoms with Gasteiger partial charge >= 0.3 is 17.9 Å². The average molecular weight is 822 g/mol. The lowest BCUT2D eigenvalue weighted by Crippen LogP contribution is -2.26. The van der Waals surface area contributed by atoms with Crippen molar-refractivity contribution in [3.63, 3.8) is 0 Å². The number of esters is 3. The zero-order valence-corrected chi connectivity index (χ0v) is 39.7. The van der Waals surface area contributed by atoms with E-state index >= 15 is 0 Å². The van der Waals surface area contributed by atoms with Gasteiger partial charge in [-0.05, 0) is 69.9 Å². The molecule has 0 fully saturated rings. The predicted octanol–water partition coefficient (Wildman–Crippen LogP) is 14.8. The van der Waals surface area contributed by atoms with Crippen molar-refractivity contribution >= 4 is 17.9 Å². The number of rotatable bonds is 45. The van der Waals surface area contributed by atoms with E-state index in [4.69, 9.17) is 14.2 Å². The number of carbonyl (C=O) groups excluding carboxylic acids is 3. The Labute approximate surface area is 361 Å². The van der Waals surface area contributed by atoms with Gasteiger partial charge in [0.1, 0.15) is 0 Å². The number of nitrogens with zero attached hydrogens (tertiary/aromatic N) is 1. The standard InChI is InChI=1S/C51H99NO6/c1-7-13-32-46(33-14-8-2)40-44-56-49(53)38-29-25-21-17-19-23-27-36-48(51(55)58-43-31-42-52(11-5)12-6)37-28-24-20-18-22-26-30-39-50(54)57-45-41-47(34-15-9-3)35-16-10-4/h46-48H,7-45H2,1-6H3. The van der Waals surface area contributed by atoms with Crippen molar-refractivity contribution in [2.45, 2.75) is 253 Å². The third-order valence-electron chi connectivity index (χ3n) is 12.4. The van der Waals surface area contributed by atoms with Gasteiger partial charge in [-0.2, -0.15) is 0 Å². The fourth-order valence-corrected chi connectivity index (χ4v) is 8.25. The molecule has 0 aromatic carbocycles. The van der Waals surface area contributed by atoms with Gasteiger partial charge in [0.25, 0.3) is 0 Å². The van der Waals surface area contributed by atoms with E-state index in [-0.39, 0.29) is 23.8 Å². The van der Waals surface area contributed by atoms with Crippen molar-refractivity contribution in [3.8, 4) is 0 Å². The molecule has 7 heteroatoms. The van der Waals surface area contributed by atoms with Crippen LogP contribution in [0.5, 0.6) is 0 Å². The predicted molar refractivity (Wildman–Crippen MR) is 246 cm³/mol. The molecule has 344 valence electrons. The number of unbranched alkanes of at least 4 members (excludes halogenated alkanes) is 16. The Balaban J connectivity index is 4.29. The summed E-state index contributed by atoms with van der Waals surface area (Å²) < 4.78 is 17.0. The Morgan fingerprint density at radius 2 is 0.741 bits per heavy atom. The molecule has 0 saturated carbocycles. The lowest BCUT2D eigenvalue weighted by Gasteiger charge is -2.19. The van der Waals surface area contributed by atoms with E-state index in [1.165, 1.54) is 103 Å². The van der Waals surface area contributed by atoms with Gasteiger partial charge in [0.2, 0.25) is 0 Å². The van der Waals surface area contributed by atoms with Crippen LogP contribution in [-0.4, -0.2) is 62.3 Å². The topological polar surface area (TPSA) is 82.1 Å². The Morgan fingerprint density at radius 3 is 1.10 bits per heavy atom. The van der Waals surface area contributed by atoms with Gasteiger partial charge in [0, 0.05) is 19.4 Å². The number of ether oxygens (including phenoxy) is 3. The molecule has 0 amide bonds. The Morgan fingerprint density at radius 1 is 0.379 bits per heavy atom. The average Bonchev–Trinajstić information content (AvgIpc) is 3.22. The van der Waals surface area contributed by atoms with Crippen LogP contribution in [0.4, 0.5) is 0 Å². The molecule has 0 aromatic heterocycles. The minimum Gasteiger partial charge on any atom is -0.466 e. The highest BCUT2D eigenvalue weighted by atomic mass is 16.5. The molecule has 7 nitrogen and oxygen atoms in total. The monoisotopic (exact) mass is 822 g/mol. The largest absolute Gasteiger partial charge is 0.466 e. The van der Waals surface area contributed by atoms with Crippen LogP contribution in [0, 0.1) is 17.8 Å². The molecule has 0 aliphatic heterocycles. The van der Waals surface area contributed by atoms with Gasteiger partial charge in [-0.3, -0.25) is 14.4 Å². The highest BCUT2D eigenvalue weighted by Crippen LogP contribution is 2.23. The molecule has 0 unspecified atom stereocenters. The van der Waals surface area contributed by atoms with Crippen molar-refractivity contribution in [3.05, 3.63) is 0 Å². The number of hydrogen-bond acceptors (Lipinski definition) is 7. The first-order valence-electron chi connectivity index (χ1n) is 25.5. The number of hydrogen-bond donors (Lipinski definition) is 0. The third kappa shape index (κ3) is 36.2. The maximum absolute atomic E-state index is 13.2. The molecule has 58 heavy (non-hydrogen) atoms. The quantitative estimate of drug-likeness (QED) is 0.0344. The van der Waals surface area contributed by atoms with Crippen LogP contribution in [-0.2, 0) is 28.6 Å². The highest BCUT2D eigenvalue weighted by Gasteiger charge is 2.20. The molecule has 0 aliphatic rings. The van der Waals surface area contributed by atoms with Gasteiger partial charge in [-0.15, -0.1) is 0 Å². The van der Waals surface area contributed by atoms with Gasteiger partial charge in [0.05, 0.1) is 25.7 Å². The zero-order valence-electron chi connectivity index (χ0n) is 39.7. The first-order valence-corrected chi connectivity index (χ1v) is 25.5. The summed E-state index contributed by atoms with van der Waals surface area (Å²) in [5.41, 5.74) is 0. The first-order chi connectivity index (χ1) is 28.3. The van der Waals surface area contributed by atoms with Gasteiger partial charge in [0.15, 0.2) is 0 Å². The van der Waals surface area contributed by atoms with E-state index in [1.807, 2.05) is 0 Å². The second-order valence-corrected chi connectivity index (χ2v) is 17.6. The summed E-state index contributed by atoms with van der Waals surface area (Å²) in [7, 11) is 0. The smallest absolute Gasteiger partial charge is 0.308 e. The maximum atomic E-state index is 13.2. The Kier molecular flexibility index (Phi) is 42.2. The van der Waals surface area contributed by atoms with E-state index in [2.05, 4.69) is 46.4 Å². The molecule has 0 aliphatic carbocycles. The molecular weight excluding hydrogens is 723 g/mol. The van der Waals surface area contributed by atoms with Crippen molar-refractivity contribution in [1.82, 2.24) is 4.90 Å². The molecule has 0 N–H and O–H groups in total. The van der Waals surface area contributed by atoms with E-state index in [1.54, 1.807) is 0 Å². The normalized spacial score (nSPS) is 11.7. The van der Waals surface area contributed by atoms with Crippen molar-refractivity contribution < 1.29 is 28.6 Å². The van der Waals surface area contributed by atoms with Crippen LogP contribution in [0.25, 0.3) is 0 Å². The molecule has 0 bridgehead atoms. The van der Waals surface area contributed by atoms with Crippen LogP contribution in [0.3, 0.4) is 0 Å². The molecule has 0 spiro atoms. The molecule has 0 atom stereocenters. The van der Waals surface area contributed by atoms with Crippen LogP contribution >= 0.6 is 0 Å². The highest BCUT2D eigenvalue weighted by molar-refractivity contribution is 5.72. The second kappa shape index (κ2) is 43.5. The minimum absolute atomic E-state index is 0.00705. The van der Waals surface area contributed by atoms with Gasteiger partial charge < -0.3 is 19.1 Å². The number of carbonyl (C=O) groups is 3. The molecule has 0 rings (SSSR count). The second-order valence-electron chi connectivity index (χ2n) is 17.6. The van der Waals surface area contributed by atoms with Crippen molar-refractivity contribution in [2.24, 2.45) is 17.8 Å². The summed E-state index contributed by atoms with van der Waals surface area (Å²) in [6.45, 7) is 18.1. The van der Waals surface area contributed by atoms with Crippen LogP contribution in [0.15, 0.2) is 0 Å². The van der Waals surface area contributed by atoms with Gasteiger partial charge in [-0.25, -0.2) is 0 Å².